The fourth-order valence-corrected chi connectivity index (χ4v) is 6.72. The second-order valence-electron chi connectivity index (χ2n) is 12.2. The molecule has 2 aromatic rings. The Balaban J connectivity index is 0.993. The van der Waals surface area contributed by atoms with Crippen molar-refractivity contribution in [3.05, 3.63) is 59.7 Å². The molecule has 4 saturated heterocycles. The first-order valence-electron chi connectivity index (χ1n) is 16.1. The Morgan fingerprint density at radius 1 is 0.523 bits per heavy atom. The van der Waals surface area contributed by atoms with Gasteiger partial charge in [0.05, 0.1) is 0 Å². The van der Waals surface area contributed by atoms with E-state index in [1.165, 1.54) is 0 Å². The second kappa shape index (κ2) is 13.5. The van der Waals surface area contributed by atoms with Gasteiger partial charge in [-0.1, -0.05) is 36.4 Å². The van der Waals surface area contributed by atoms with E-state index >= 15 is 0 Å². The molecule has 0 aliphatic carbocycles. The predicted molar refractivity (Wildman–Crippen MR) is 171 cm³/mol. The van der Waals surface area contributed by atoms with Gasteiger partial charge >= 0.3 is 12.1 Å². The second-order valence-corrected chi connectivity index (χ2v) is 12.2. The molecule has 4 heterocycles. The van der Waals surface area contributed by atoms with Gasteiger partial charge in [-0.2, -0.15) is 0 Å². The lowest BCUT2D eigenvalue weighted by molar-refractivity contribution is -0.120. The zero-order valence-electron chi connectivity index (χ0n) is 25.2. The van der Waals surface area contributed by atoms with Crippen LogP contribution in [0.25, 0.3) is 12.2 Å². The van der Waals surface area contributed by atoms with Crippen LogP contribution in [0.2, 0.25) is 0 Å². The van der Waals surface area contributed by atoms with Crippen molar-refractivity contribution in [2.24, 2.45) is 0 Å². The SMILES string of the molecule is O=C(Nc1ccc(C=Cc2ccc(NC(=O)[C@@H]3CCCN3C(=O)N3CCCC3)cc2)cc1)[C@@H]1CCCN1C(=O)N1CCCC1. The Morgan fingerprint density at radius 3 is 1.25 bits per heavy atom. The van der Waals surface area contributed by atoms with Crippen LogP contribution < -0.4 is 10.6 Å². The Labute approximate surface area is 259 Å². The number of amides is 6. The van der Waals surface area contributed by atoms with Gasteiger partial charge in [-0.15, -0.1) is 0 Å². The fourth-order valence-electron chi connectivity index (χ4n) is 6.72. The molecule has 2 N–H and O–H groups in total. The van der Waals surface area contributed by atoms with E-state index in [0.717, 1.165) is 75.8 Å². The summed E-state index contributed by atoms with van der Waals surface area (Å²) in [6.45, 7) is 4.37. The highest BCUT2D eigenvalue weighted by atomic mass is 16.2. The number of carbonyl (C=O) groups is 4. The monoisotopic (exact) mass is 598 g/mol. The third-order valence-corrected chi connectivity index (χ3v) is 9.18. The molecule has 0 bridgehead atoms. The lowest BCUT2D eigenvalue weighted by atomic mass is 10.1. The lowest BCUT2D eigenvalue weighted by Gasteiger charge is -2.28. The van der Waals surface area contributed by atoms with Crippen LogP contribution >= 0.6 is 0 Å². The zero-order valence-corrected chi connectivity index (χ0v) is 25.2. The first kappa shape index (κ1) is 29.7. The highest BCUT2D eigenvalue weighted by Gasteiger charge is 2.38. The average Bonchev–Trinajstić information content (AvgIpc) is 3.88. The van der Waals surface area contributed by atoms with E-state index in [0.29, 0.717) is 37.3 Å². The van der Waals surface area contributed by atoms with Crippen LogP contribution in [0.3, 0.4) is 0 Å². The highest BCUT2D eigenvalue weighted by Crippen LogP contribution is 2.25. The Bertz CT molecular complexity index is 1270. The number of likely N-dealkylation sites (tertiary alicyclic amines) is 4. The summed E-state index contributed by atoms with van der Waals surface area (Å²) in [6.07, 6.45) is 11.2. The molecule has 0 radical (unpaired) electrons. The lowest BCUT2D eigenvalue weighted by Crippen LogP contribution is -2.48. The van der Waals surface area contributed by atoms with E-state index in [2.05, 4.69) is 10.6 Å². The van der Waals surface area contributed by atoms with Gasteiger partial charge in [0.2, 0.25) is 11.8 Å². The van der Waals surface area contributed by atoms with E-state index < -0.39 is 12.1 Å². The van der Waals surface area contributed by atoms with Crippen molar-refractivity contribution in [2.75, 3.05) is 49.9 Å². The molecule has 0 spiro atoms. The van der Waals surface area contributed by atoms with Crippen LogP contribution in [0.5, 0.6) is 0 Å². The number of rotatable bonds is 6. The maximum Gasteiger partial charge on any atom is 0.320 e. The molecule has 0 unspecified atom stereocenters. The summed E-state index contributed by atoms with van der Waals surface area (Å²) in [5.74, 6) is -0.270. The summed E-state index contributed by atoms with van der Waals surface area (Å²) >= 11 is 0. The normalized spacial score (nSPS) is 21.8. The molecule has 44 heavy (non-hydrogen) atoms. The standard InChI is InChI=1S/C34H42N6O4/c41-31(29-7-5-23-39(29)33(43)37-19-1-2-20-37)35-27-15-11-25(12-16-27)9-10-26-13-17-28(18-14-26)36-32(42)30-8-6-24-40(30)34(44)38-21-3-4-22-38/h9-18,29-30H,1-8,19-24H2,(H,35,41)(H,36,42)/t29-,30-/m0/s1. The van der Waals surface area contributed by atoms with Crippen LogP contribution in [0.4, 0.5) is 21.0 Å². The molecule has 232 valence electrons. The molecule has 2 aromatic carbocycles. The summed E-state index contributed by atoms with van der Waals surface area (Å²) < 4.78 is 0. The summed E-state index contributed by atoms with van der Waals surface area (Å²) in [7, 11) is 0. The summed E-state index contributed by atoms with van der Waals surface area (Å²) in [5.41, 5.74) is 3.37. The van der Waals surface area contributed by atoms with Gasteiger partial charge in [-0.05, 0) is 86.8 Å². The molecule has 4 fully saturated rings. The first-order chi connectivity index (χ1) is 21.5. The van der Waals surface area contributed by atoms with Gasteiger partial charge in [0, 0.05) is 50.6 Å². The number of anilines is 2. The Hall–Kier alpha value is -4.34. The van der Waals surface area contributed by atoms with Crippen molar-refractivity contribution in [3.63, 3.8) is 0 Å². The fraction of sp³-hybridized carbons (Fsp3) is 0.471. The van der Waals surface area contributed by atoms with E-state index in [1.807, 2.05) is 70.5 Å². The number of carbonyl (C=O) groups excluding carboxylic acids is 4. The minimum absolute atomic E-state index is 0.0130. The molecular weight excluding hydrogens is 556 g/mol. The van der Waals surface area contributed by atoms with E-state index in [1.54, 1.807) is 9.80 Å². The van der Waals surface area contributed by atoms with Crippen molar-refractivity contribution >= 4 is 47.4 Å². The summed E-state index contributed by atoms with van der Waals surface area (Å²) in [6, 6.07) is 14.4. The average molecular weight is 599 g/mol. The van der Waals surface area contributed by atoms with Crippen molar-refractivity contribution in [2.45, 2.75) is 63.5 Å². The highest BCUT2D eigenvalue weighted by molar-refractivity contribution is 5.98. The number of urea groups is 2. The zero-order chi connectivity index (χ0) is 30.5. The number of hydrogen-bond donors (Lipinski definition) is 2. The van der Waals surface area contributed by atoms with Gasteiger partial charge in [-0.25, -0.2) is 9.59 Å². The van der Waals surface area contributed by atoms with Crippen molar-refractivity contribution in [3.8, 4) is 0 Å². The maximum atomic E-state index is 13.0. The summed E-state index contributed by atoms with van der Waals surface area (Å²) in [5, 5.41) is 5.98. The van der Waals surface area contributed by atoms with Gasteiger partial charge in [0.25, 0.3) is 0 Å². The minimum Gasteiger partial charge on any atom is -0.325 e. The van der Waals surface area contributed by atoms with Gasteiger partial charge in [-0.3, -0.25) is 9.59 Å². The van der Waals surface area contributed by atoms with Crippen LogP contribution in [0.15, 0.2) is 48.5 Å². The molecule has 6 rings (SSSR count). The van der Waals surface area contributed by atoms with Gasteiger partial charge in [0.15, 0.2) is 0 Å². The smallest absolute Gasteiger partial charge is 0.320 e. The molecule has 10 nitrogen and oxygen atoms in total. The predicted octanol–water partition coefficient (Wildman–Crippen LogP) is 5.09. The van der Waals surface area contributed by atoms with Crippen molar-refractivity contribution in [1.82, 2.24) is 19.6 Å². The molecule has 6 amide bonds. The number of nitrogens with zero attached hydrogens (tertiary/aromatic N) is 4. The van der Waals surface area contributed by atoms with Crippen LogP contribution in [-0.4, -0.2) is 94.8 Å². The van der Waals surface area contributed by atoms with Crippen molar-refractivity contribution in [1.29, 1.82) is 0 Å². The third-order valence-electron chi connectivity index (χ3n) is 9.18. The molecule has 4 aliphatic heterocycles. The maximum absolute atomic E-state index is 13.0. The summed E-state index contributed by atoms with van der Waals surface area (Å²) in [4.78, 5) is 59.0. The van der Waals surface area contributed by atoms with Crippen molar-refractivity contribution < 1.29 is 19.2 Å². The molecule has 4 aliphatic rings. The number of nitrogens with one attached hydrogen (secondary N) is 2. The van der Waals surface area contributed by atoms with Gasteiger partial charge < -0.3 is 30.2 Å². The van der Waals surface area contributed by atoms with Crippen LogP contribution in [-0.2, 0) is 9.59 Å². The van der Waals surface area contributed by atoms with E-state index in [-0.39, 0.29) is 23.9 Å². The molecule has 0 saturated carbocycles. The van der Waals surface area contributed by atoms with E-state index in [4.69, 9.17) is 0 Å². The van der Waals surface area contributed by atoms with E-state index in [9.17, 15) is 19.2 Å². The third kappa shape index (κ3) is 6.74. The molecular formula is C34H42N6O4. The molecule has 10 heteroatoms. The minimum atomic E-state index is -0.426. The first-order valence-corrected chi connectivity index (χ1v) is 16.1. The molecule has 2 atom stereocenters. The Kier molecular flexibility index (Phi) is 9.14. The van der Waals surface area contributed by atoms with Gasteiger partial charge in [0.1, 0.15) is 12.1 Å². The largest absolute Gasteiger partial charge is 0.325 e. The van der Waals surface area contributed by atoms with Crippen LogP contribution in [0.1, 0.15) is 62.5 Å². The number of hydrogen-bond acceptors (Lipinski definition) is 4. The quantitative estimate of drug-likeness (QED) is 0.452. The van der Waals surface area contributed by atoms with Crippen LogP contribution in [0, 0.1) is 0 Å². The number of benzene rings is 2. The topological polar surface area (TPSA) is 105 Å². The Morgan fingerprint density at radius 2 is 0.886 bits per heavy atom. The molecule has 0 aromatic heterocycles.